The average Bonchev–Trinajstić information content (AvgIpc) is 2.91. The maximum Gasteiger partial charge on any atom is 0.123 e. The van der Waals surface area contributed by atoms with Gasteiger partial charge < -0.3 is 14.8 Å². The highest BCUT2D eigenvalue weighted by Gasteiger charge is 2.15. The third-order valence-corrected chi connectivity index (χ3v) is 3.94. The van der Waals surface area contributed by atoms with Crippen LogP contribution in [-0.4, -0.2) is 25.4 Å². The molecule has 1 saturated heterocycles. The van der Waals surface area contributed by atoms with Gasteiger partial charge in [-0.2, -0.15) is 0 Å². The lowest BCUT2D eigenvalue weighted by Gasteiger charge is -2.15. The molecule has 0 radical (unpaired) electrons. The van der Waals surface area contributed by atoms with Crippen LogP contribution in [0.3, 0.4) is 0 Å². The van der Waals surface area contributed by atoms with Crippen molar-refractivity contribution in [1.29, 1.82) is 0 Å². The molecule has 0 aromatic heterocycles. The summed E-state index contributed by atoms with van der Waals surface area (Å²) >= 11 is 3.52. The first-order valence-electron chi connectivity index (χ1n) is 7.41. The molecule has 0 spiro atoms. The lowest BCUT2D eigenvalue weighted by Crippen LogP contribution is -2.22. The van der Waals surface area contributed by atoms with Gasteiger partial charge in [0.25, 0.3) is 0 Å². The van der Waals surface area contributed by atoms with Crippen molar-refractivity contribution in [3.63, 3.8) is 0 Å². The summed E-state index contributed by atoms with van der Waals surface area (Å²) in [6.07, 6.45) is 3.73. The molecule has 112 valence electrons. The van der Waals surface area contributed by atoms with E-state index in [-0.39, 0.29) is 0 Å². The van der Waals surface area contributed by atoms with Crippen molar-refractivity contribution in [3.8, 4) is 5.75 Å². The number of rotatable bonds is 7. The van der Waals surface area contributed by atoms with Crippen molar-refractivity contribution in [2.24, 2.45) is 0 Å². The minimum atomic E-state index is 0.391. The lowest BCUT2D eigenvalue weighted by molar-refractivity contribution is 0.0902. The molecule has 1 aliphatic rings. The highest BCUT2D eigenvalue weighted by atomic mass is 79.9. The molecular formula is C16H24BrNO2. The molecule has 1 aliphatic heterocycles. The molecule has 1 atom stereocenters. The third kappa shape index (κ3) is 5.08. The summed E-state index contributed by atoms with van der Waals surface area (Å²) in [6, 6.07) is 6.65. The Bertz CT molecular complexity index is 417. The van der Waals surface area contributed by atoms with Crippen LogP contribution in [0.2, 0.25) is 0 Å². The van der Waals surface area contributed by atoms with Crippen LogP contribution in [0, 0.1) is 0 Å². The number of nitrogens with one attached hydrogen (secondary N) is 1. The summed E-state index contributed by atoms with van der Waals surface area (Å²) in [5, 5.41) is 3.44. The van der Waals surface area contributed by atoms with Gasteiger partial charge in [-0.15, -0.1) is 0 Å². The van der Waals surface area contributed by atoms with E-state index in [9.17, 15) is 0 Å². The van der Waals surface area contributed by atoms with Crippen LogP contribution in [0.5, 0.6) is 5.75 Å². The maximum atomic E-state index is 5.95. The topological polar surface area (TPSA) is 30.5 Å². The van der Waals surface area contributed by atoms with Crippen LogP contribution < -0.4 is 10.1 Å². The Morgan fingerprint density at radius 2 is 2.30 bits per heavy atom. The van der Waals surface area contributed by atoms with Crippen molar-refractivity contribution in [2.45, 2.75) is 51.8 Å². The molecule has 0 amide bonds. The van der Waals surface area contributed by atoms with E-state index in [2.05, 4.69) is 41.2 Å². The van der Waals surface area contributed by atoms with Crippen molar-refractivity contribution in [3.05, 3.63) is 28.2 Å². The molecular weight excluding hydrogens is 318 g/mol. The number of halogens is 1. The molecule has 0 bridgehead atoms. The Morgan fingerprint density at radius 1 is 1.45 bits per heavy atom. The van der Waals surface area contributed by atoms with Crippen LogP contribution in [0.15, 0.2) is 22.7 Å². The molecule has 3 nitrogen and oxygen atoms in total. The quantitative estimate of drug-likeness (QED) is 0.815. The van der Waals surface area contributed by atoms with E-state index in [4.69, 9.17) is 9.47 Å². The van der Waals surface area contributed by atoms with Crippen molar-refractivity contribution in [2.75, 3.05) is 13.2 Å². The van der Waals surface area contributed by atoms with Gasteiger partial charge in [-0.3, -0.25) is 0 Å². The van der Waals surface area contributed by atoms with E-state index < -0.39 is 0 Å². The Morgan fingerprint density at radius 3 is 3.00 bits per heavy atom. The fourth-order valence-corrected chi connectivity index (χ4v) is 2.72. The predicted octanol–water partition coefficient (Wildman–Crippen LogP) is 3.90. The summed E-state index contributed by atoms with van der Waals surface area (Å²) in [6.45, 7) is 6.76. The fraction of sp³-hybridized carbons (Fsp3) is 0.625. The zero-order valence-corrected chi connectivity index (χ0v) is 13.9. The van der Waals surface area contributed by atoms with E-state index in [0.29, 0.717) is 12.1 Å². The van der Waals surface area contributed by atoms with E-state index in [1.54, 1.807) is 0 Å². The van der Waals surface area contributed by atoms with Crippen molar-refractivity contribution >= 4 is 15.9 Å². The molecule has 4 heteroatoms. The predicted molar refractivity (Wildman–Crippen MR) is 85.2 cm³/mol. The van der Waals surface area contributed by atoms with Gasteiger partial charge in [-0.1, -0.05) is 29.8 Å². The molecule has 1 aromatic carbocycles. The van der Waals surface area contributed by atoms with E-state index in [1.807, 2.05) is 12.1 Å². The molecule has 1 heterocycles. The second-order valence-electron chi connectivity index (χ2n) is 5.56. The molecule has 1 fully saturated rings. The van der Waals surface area contributed by atoms with Gasteiger partial charge in [0.15, 0.2) is 0 Å². The second kappa shape index (κ2) is 8.01. The molecule has 0 aliphatic carbocycles. The zero-order chi connectivity index (χ0) is 14.4. The zero-order valence-electron chi connectivity index (χ0n) is 12.3. The van der Waals surface area contributed by atoms with Crippen LogP contribution in [0.25, 0.3) is 0 Å². The summed E-state index contributed by atoms with van der Waals surface area (Å²) in [5.41, 5.74) is 1.19. The van der Waals surface area contributed by atoms with Gasteiger partial charge in [0.1, 0.15) is 5.75 Å². The van der Waals surface area contributed by atoms with E-state index in [1.165, 1.54) is 18.4 Å². The number of ether oxygens (including phenoxy) is 2. The Labute approximate surface area is 130 Å². The van der Waals surface area contributed by atoms with E-state index in [0.717, 1.165) is 36.4 Å². The van der Waals surface area contributed by atoms with Crippen LogP contribution in [0.1, 0.15) is 38.7 Å². The molecule has 1 unspecified atom stereocenters. The Hall–Kier alpha value is -0.580. The van der Waals surface area contributed by atoms with Crippen LogP contribution in [0.4, 0.5) is 0 Å². The molecule has 0 saturated carbocycles. The minimum Gasteiger partial charge on any atom is -0.493 e. The summed E-state index contributed by atoms with van der Waals surface area (Å²) in [5.74, 6) is 0.972. The highest BCUT2D eigenvalue weighted by Crippen LogP contribution is 2.24. The van der Waals surface area contributed by atoms with Gasteiger partial charge in [-0.25, -0.2) is 0 Å². The van der Waals surface area contributed by atoms with E-state index >= 15 is 0 Å². The Balaban J connectivity index is 1.88. The van der Waals surface area contributed by atoms with Gasteiger partial charge >= 0.3 is 0 Å². The van der Waals surface area contributed by atoms with Crippen molar-refractivity contribution < 1.29 is 9.47 Å². The van der Waals surface area contributed by atoms with Gasteiger partial charge in [-0.05, 0) is 31.0 Å². The number of hydrogen-bond donors (Lipinski definition) is 1. The molecule has 1 N–H and O–H groups in total. The number of hydrogen-bond acceptors (Lipinski definition) is 3. The molecule has 2 rings (SSSR count). The van der Waals surface area contributed by atoms with Gasteiger partial charge in [0, 0.05) is 35.7 Å². The normalized spacial score (nSPS) is 18.7. The smallest absolute Gasteiger partial charge is 0.123 e. The van der Waals surface area contributed by atoms with Crippen LogP contribution >= 0.6 is 15.9 Å². The summed E-state index contributed by atoms with van der Waals surface area (Å²) in [4.78, 5) is 0. The standard InChI is InChI=1S/C16H24BrNO2/c1-12(2)18-11-13-10-14(17)5-6-16(13)20-9-7-15-4-3-8-19-15/h5-6,10,12,15,18H,3-4,7-9,11H2,1-2H3. The number of benzene rings is 1. The molecule has 1 aromatic rings. The first-order chi connectivity index (χ1) is 9.65. The van der Waals surface area contributed by atoms with Gasteiger partial charge in [0.05, 0.1) is 12.7 Å². The lowest BCUT2D eigenvalue weighted by atomic mass is 10.2. The van der Waals surface area contributed by atoms with Crippen LogP contribution in [-0.2, 0) is 11.3 Å². The Kier molecular flexibility index (Phi) is 6.33. The maximum absolute atomic E-state index is 5.95. The summed E-state index contributed by atoms with van der Waals surface area (Å²) in [7, 11) is 0. The fourth-order valence-electron chi connectivity index (χ4n) is 2.31. The summed E-state index contributed by atoms with van der Waals surface area (Å²) < 4.78 is 12.7. The third-order valence-electron chi connectivity index (χ3n) is 3.44. The first kappa shape index (κ1) is 15.8. The molecule has 20 heavy (non-hydrogen) atoms. The minimum absolute atomic E-state index is 0.391. The monoisotopic (exact) mass is 341 g/mol. The SMILES string of the molecule is CC(C)NCc1cc(Br)ccc1OCCC1CCCO1. The second-order valence-corrected chi connectivity index (χ2v) is 6.48. The van der Waals surface area contributed by atoms with Gasteiger partial charge in [0.2, 0.25) is 0 Å². The average molecular weight is 342 g/mol. The highest BCUT2D eigenvalue weighted by molar-refractivity contribution is 9.10. The van der Waals surface area contributed by atoms with Crippen molar-refractivity contribution in [1.82, 2.24) is 5.32 Å². The largest absolute Gasteiger partial charge is 0.493 e. The first-order valence-corrected chi connectivity index (χ1v) is 8.20.